The van der Waals surface area contributed by atoms with Crippen molar-refractivity contribution in [2.24, 2.45) is 5.14 Å². The number of phenols is 2. The van der Waals surface area contributed by atoms with E-state index in [1.165, 1.54) is 18.2 Å². The number of benzene rings is 1. The molecule has 0 amide bonds. The summed E-state index contributed by atoms with van der Waals surface area (Å²) in [4.78, 5) is 0. The molecule has 0 aliphatic carbocycles. The first-order valence-electron chi connectivity index (χ1n) is 3.56. The van der Waals surface area contributed by atoms with Gasteiger partial charge in [0.05, 0.1) is 6.61 Å². The van der Waals surface area contributed by atoms with Crippen molar-refractivity contribution >= 4 is 10.3 Å². The Labute approximate surface area is 80.8 Å². The first-order valence-corrected chi connectivity index (χ1v) is 5.03. The Morgan fingerprint density at radius 2 is 1.93 bits per heavy atom. The molecule has 0 radical (unpaired) electrons. The van der Waals surface area contributed by atoms with Gasteiger partial charge in [0.1, 0.15) is 0 Å². The van der Waals surface area contributed by atoms with Crippen LogP contribution in [-0.2, 0) is 21.1 Å². The topological polar surface area (TPSA) is 110 Å². The van der Waals surface area contributed by atoms with Crippen LogP contribution in [0.5, 0.6) is 11.5 Å². The third-order valence-electron chi connectivity index (χ3n) is 1.43. The zero-order valence-corrected chi connectivity index (χ0v) is 7.86. The van der Waals surface area contributed by atoms with E-state index in [1.807, 2.05) is 0 Å². The van der Waals surface area contributed by atoms with Crippen LogP contribution in [-0.4, -0.2) is 18.6 Å². The van der Waals surface area contributed by atoms with Gasteiger partial charge in [-0.2, -0.15) is 8.42 Å². The molecule has 7 heteroatoms. The van der Waals surface area contributed by atoms with Crippen molar-refractivity contribution in [1.29, 1.82) is 0 Å². The Morgan fingerprint density at radius 1 is 1.29 bits per heavy atom. The Bertz CT molecular complexity index is 428. The van der Waals surface area contributed by atoms with Crippen molar-refractivity contribution < 1.29 is 22.8 Å². The van der Waals surface area contributed by atoms with Crippen molar-refractivity contribution in [3.63, 3.8) is 0 Å². The molecule has 0 heterocycles. The Balaban J connectivity index is 2.74. The minimum absolute atomic E-state index is 0.285. The van der Waals surface area contributed by atoms with Gasteiger partial charge in [-0.15, -0.1) is 0 Å². The van der Waals surface area contributed by atoms with Crippen LogP contribution in [0.2, 0.25) is 0 Å². The highest BCUT2D eigenvalue weighted by molar-refractivity contribution is 7.84. The zero-order valence-electron chi connectivity index (χ0n) is 7.04. The standard InChI is InChI=1S/C7H9NO5S/c8-14(11,12)13-4-5-1-2-6(9)7(10)3-5/h1-3,9-10H,4H2,(H2,8,11,12). The highest BCUT2D eigenvalue weighted by Crippen LogP contribution is 2.25. The highest BCUT2D eigenvalue weighted by Gasteiger charge is 2.05. The molecule has 1 aromatic rings. The van der Waals surface area contributed by atoms with Crippen molar-refractivity contribution in [3.8, 4) is 11.5 Å². The van der Waals surface area contributed by atoms with E-state index < -0.39 is 10.3 Å². The molecule has 14 heavy (non-hydrogen) atoms. The van der Waals surface area contributed by atoms with E-state index in [-0.39, 0.29) is 18.1 Å². The average molecular weight is 219 g/mol. The molecule has 0 aliphatic heterocycles. The summed E-state index contributed by atoms with van der Waals surface area (Å²) in [5, 5.41) is 22.6. The minimum Gasteiger partial charge on any atom is -0.504 e. The predicted molar refractivity (Wildman–Crippen MR) is 47.7 cm³/mol. The van der Waals surface area contributed by atoms with E-state index in [0.29, 0.717) is 5.56 Å². The van der Waals surface area contributed by atoms with E-state index in [9.17, 15) is 8.42 Å². The maximum atomic E-state index is 10.4. The first kappa shape index (κ1) is 10.8. The summed E-state index contributed by atoms with van der Waals surface area (Å²) in [6.45, 7) is -0.285. The molecule has 4 N–H and O–H groups in total. The second-order valence-electron chi connectivity index (χ2n) is 2.58. The summed E-state index contributed by atoms with van der Waals surface area (Å²) in [6.07, 6.45) is 0. The Hall–Kier alpha value is -1.31. The number of aromatic hydroxyl groups is 2. The molecule has 0 unspecified atom stereocenters. The molecule has 0 aliphatic rings. The van der Waals surface area contributed by atoms with E-state index >= 15 is 0 Å². The lowest BCUT2D eigenvalue weighted by Crippen LogP contribution is -2.15. The quantitative estimate of drug-likeness (QED) is 0.611. The smallest absolute Gasteiger partial charge is 0.333 e. The summed E-state index contributed by atoms with van der Waals surface area (Å²) in [5.74, 6) is -0.634. The lowest BCUT2D eigenvalue weighted by molar-refractivity contribution is 0.307. The van der Waals surface area contributed by atoms with Gasteiger partial charge in [-0.3, -0.25) is 4.18 Å². The first-order chi connectivity index (χ1) is 6.38. The lowest BCUT2D eigenvalue weighted by atomic mass is 10.2. The zero-order chi connectivity index (χ0) is 10.8. The van der Waals surface area contributed by atoms with Gasteiger partial charge in [0, 0.05) is 0 Å². The number of phenolic OH excluding ortho intramolecular Hbond substituents is 2. The second kappa shape index (κ2) is 3.82. The summed E-state index contributed by atoms with van der Waals surface area (Å²) in [6, 6.07) is 3.80. The summed E-state index contributed by atoms with van der Waals surface area (Å²) in [5.41, 5.74) is 0.384. The fraction of sp³-hybridized carbons (Fsp3) is 0.143. The Kier molecular flexibility index (Phi) is 2.94. The molecule has 0 saturated carbocycles. The minimum atomic E-state index is -3.99. The molecular formula is C7H9NO5S. The Morgan fingerprint density at radius 3 is 2.43 bits per heavy atom. The SMILES string of the molecule is NS(=O)(=O)OCc1ccc(O)c(O)c1. The van der Waals surface area contributed by atoms with Crippen LogP contribution in [0.4, 0.5) is 0 Å². The highest BCUT2D eigenvalue weighted by atomic mass is 32.2. The van der Waals surface area contributed by atoms with E-state index in [0.717, 1.165) is 0 Å². The van der Waals surface area contributed by atoms with E-state index in [1.54, 1.807) is 0 Å². The van der Waals surface area contributed by atoms with Crippen LogP contribution in [0.3, 0.4) is 0 Å². The number of hydrogen-bond donors (Lipinski definition) is 3. The normalized spacial score (nSPS) is 11.5. The van der Waals surface area contributed by atoms with Gasteiger partial charge in [0.15, 0.2) is 11.5 Å². The fourth-order valence-corrected chi connectivity index (χ4v) is 1.11. The largest absolute Gasteiger partial charge is 0.504 e. The van der Waals surface area contributed by atoms with Gasteiger partial charge in [-0.25, -0.2) is 5.14 Å². The number of rotatable bonds is 3. The van der Waals surface area contributed by atoms with Gasteiger partial charge >= 0.3 is 10.3 Å². The van der Waals surface area contributed by atoms with Crippen LogP contribution >= 0.6 is 0 Å². The van der Waals surface area contributed by atoms with Crippen molar-refractivity contribution in [2.75, 3.05) is 0 Å². The number of nitrogens with two attached hydrogens (primary N) is 1. The van der Waals surface area contributed by atoms with Crippen molar-refractivity contribution in [1.82, 2.24) is 0 Å². The second-order valence-corrected chi connectivity index (χ2v) is 3.80. The third kappa shape index (κ3) is 3.21. The van der Waals surface area contributed by atoms with Crippen LogP contribution in [0.25, 0.3) is 0 Å². The van der Waals surface area contributed by atoms with Gasteiger partial charge in [0.25, 0.3) is 0 Å². The molecule has 0 saturated heterocycles. The maximum absolute atomic E-state index is 10.4. The average Bonchev–Trinajstić information content (AvgIpc) is 2.06. The van der Waals surface area contributed by atoms with Gasteiger partial charge < -0.3 is 10.2 Å². The van der Waals surface area contributed by atoms with Crippen molar-refractivity contribution in [2.45, 2.75) is 6.61 Å². The maximum Gasteiger partial charge on any atom is 0.333 e. The number of hydrogen-bond acceptors (Lipinski definition) is 5. The molecular weight excluding hydrogens is 210 g/mol. The van der Waals surface area contributed by atoms with Crippen LogP contribution in [0, 0.1) is 0 Å². The molecule has 78 valence electrons. The molecule has 0 aromatic heterocycles. The molecule has 0 bridgehead atoms. The molecule has 0 atom stereocenters. The van der Waals surface area contributed by atoms with Crippen molar-refractivity contribution in [3.05, 3.63) is 23.8 Å². The molecule has 1 rings (SSSR count). The lowest BCUT2D eigenvalue weighted by Gasteiger charge is -2.02. The molecule has 6 nitrogen and oxygen atoms in total. The van der Waals surface area contributed by atoms with E-state index in [4.69, 9.17) is 10.2 Å². The summed E-state index contributed by atoms with van der Waals surface area (Å²) < 4.78 is 25.1. The third-order valence-corrected chi connectivity index (χ3v) is 1.88. The van der Waals surface area contributed by atoms with Crippen LogP contribution in [0.1, 0.15) is 5.56 Å². The van der Waals surface area contributed by atoms with E-state index in [2.05, 4.69) is 9.32 Å². The molecule has 1 aromatic carbocycles. The predicted octanol–water partition coefficient (Wildman–Crippen LogP) is -0.182. The summed E-state index contributed by atoms with van der Waals surface area (Å²) in [7, 11) is -3.99. The molecule has 0 fully saturated rings. The molecule has 0 spiro atoms. The van der Waals surface area contributed by atoms with Gasteiger partial charge in [-0.05, 0) is 17.7 Å². The van der Waals surface area contributed by atoms with Gasteiger partial charge in [-0.1, -0.05) is 6.07 Å². The summed E-state index contributed by atoms with van der Waals surface area (Å²) >= 11 is 0. The fourth-order valence-electron chi connectivity index (χ4n) is 0.809. The van der Waals surface area contributed by atoms with Gasteiger partial charge in [0.2, 0.25) is 0 Å². The monoisotopic (exact) mass is 219 g/mol. The van der Waals surface area contributed by atoms with Crippen LogP contribution in [0.15, 0.2) is 18.2 Å². The van der Waals surface area contributed by atoms with Crippen LogP contribution < -0.4 is 5.14 Å².